The lowest BCUT2D eigenvalue weighted by Gasteiger charge is -2.31. The topological polar surface area (TPSA) is 70.9 Å². The first kappa shape index (κ1) is 20.8. The highest BCUT2D eigenvalue weighted by Crippen LogP contribution is 2.21. The average Bonchev–Trinajstić information content (AvgIpc) is 2.67. The smallest absolute Gasteiger partial charge is 0.275 e. The minimum absolute atomic E-state index is 0.0297. The summed E-state index contributed by atoms with van der Waals surface area (Å²) in [5.41, 5.74) is 0. The van der Waals surface area contributed by atoms with Crippen molar-refractivity contribution in [1.29, 1.82) is 0 Å². The summed E-state index contributed by atoms with van der Waals surface area (Å²) in [6, 6.07) is 13.2. The zero-order valence-electron chi connectivity index (χ0n) is 16.8. The number of carbonyl (C=O) groups is 1. The van der Waals surface area contributed by atoms with Crippen molar-refractivity contribution < 1.29 is 18.1 Å². The third kappa shape index (κ3) is 4.71. The summed E-state index contributed by atoms with van der Waals surface area (Å²) >= 11 is 0. The second kappa shape index (κ2) is 8.59. The molecule has 0 saturated carbocycles. The second-order valence-electron chi connectivity index (χ2n) is 7.94. The van der Waals surface area contributed by atoms with Crippen molar-refractivity contribution in [2.75, 3.05) is 32.7 Å². The lowest BCUT2D eigenvalue weighted by molar-refractivity contribution is -0.895. The summed E-state index contributed by atoms with van der Waals surface area (Å²) < 4.78 is 27.6. The fourth-order valence-corrected chi connectivity index (χ4v) is 4.87. The van der Waals surface area contributed by atoms with Crippen LogP contribution in [0.5, 0.6) is 0 Å². The number of benzene rings is 2. The Bertz CT molecular complexity index is 935. The van der Waals surface area contributed by atoms with Gasteiger partial charge in [0.2, 0.25) is 10.0 Å². The molecule has 0 aromatic heterocycles. The van der Waals surface area contributed by atoms with E-state index in [1.165, 1.54) is 4.31 Å². The Balaban J connectivity index is 1.61. The van der Waals surface area contributed by atoms with Crippen LogP contribution >= 0.6 is 0 Å². The van der Waals surface area contributed by atoms with Gasteiger partial charge in [-0.2, -0.15) is 4.31 Å². The molecule has 1 aliphatic rings. The number of amides is 1. The molecule has 0 radical (unpaired) electrons. The van der Waals surface area contributed by atoms with Crippen molar-refractivity contribution >= 4 is 26.7 Å². The SMILES string of the molecule is CC(C)[C@@H](C)NC(=O)C[NH+]1CCN(S(=O)(=O)c2ccc3ccccc3c2)CC1. The molecule has 0 unspecified atom stereocenters. The molecule has 0 aliphatic carbocycles. The number of quaternary nitrogens is 1. The van der Waals surface area contributed by atoms with Crippen LogP contribution in [0.4, 0.5) is 0 Å². The van der Waals surface area contributed by atoms with Gasteiger partial charge >= 0.3 is 0 Å². The maximum atomic E-state index is 13.0. The Morgan fingerprint density at radius 3 is 2.36 bits per heavy atom. The number of fused-ring (bicyclic) bond motifs is 1. The standard InChI is InChI=1S/C21H29N3O3S/c1-16(2)17(3)22-21(25)15-23-10-12-24(13-11-23)28(26,27)20-9-8-18-6-4-5-7-19(18)14-20/h4-9,14,16-17H,10-13,15H2,1-3H3,(H,22,25)/p+1/t17-/m1/s1. The van der Waals surface area contributed by atoms with Crippen molar-refractivity contribution in [2.24, 2.45) is 5.92 Å². The molecule has 1 aliphatic heterocycles. The van der Waals surface area contributed by atoms with Crippen molar-refractivity contribution in [3.05, 3.63) is 42.5 Å². The van der Waals surface area contributed by atoms with Gasteiger partial charge in [-0.05, 0) is 35.7 Å². The molecule has 6 nitrogen and oxygen atoms in total. The molecule has 0 spiro atoms. The number of nitrogens with zero attached hydrogens (tertiary/aromatic N) is 1. The van der Waals surface area contributed by atoms with Crippen LogP contribution < -0.4 is 10.2 Å². The van der Waals surface area contributed by atoms with E-state index < -0.39 is 10.0 Å². The normalized spacial score (nSPS) is 17.7. The molecule has 1 atom stereocenters. The second-order valence-corrected chi connectivity index (χ2v) is 9.88. The van der Waals surface area contributed by atoms with Crippen LogP contribution in [-0.4, -0.2) is 57.4 Å². The first-order valence-corrected chi connectivity index (χ1v) is 11.3. The molecule has 0 bridgehead atoms. The zero-order valence-corrected chi connectivity index (χ0v) is 17.6. The quantitative estimate of drug-likeness (QED) is 0.751. The molecule has 28 heavy (non-hydrogen) atoms. The monoisotopic (exact) mass is 404 g/mol. The maximum absolute atomic E-state index is 13.0. The van der Waals surface area contributed by atoms with E-state index >= 15 is 0 Å². The van der Waals surface area contributed by atoms with E-state index in [-0.39, 0.29) is 11.9 Å². The lowest BCUT2D eigenvalue weighted by atomic mass is 10.1. The Morgan fingerprint density at radius 2 is 1.71 bits per heavy atom. The van der Waals surface area contributed by atoms with Gasteiger partial charge in [0, 0.05) is 6.04 Å². The molecule has 3 rings (SSSR count). The zero-order chi connectivity index (χ0) is 20.3. The van der Waals surface area contributed by atoms with Gasteiger partial charge in [-0.15, -0.1) is 0 Å². The van der Waals surface area contributed by atoms with Gasteiger partial charge in [-0.1, -0.05) is 44.2 Å². The average molecular weight is 405 g/mol. The molecule has 1 amide bonds. The number of sulfonamides is 1. The van der Waals surface area contributed by atoms with Gasteiger partial charge in [0.05, 0.1) is 31.1 Å². The summed E-state index contributed by atoms with van der Waals surface area (Å²) in [5, 5.41) is 4.96. The number of piperazine rings is 1. The predicted molar refractivity (Wildman–Crippen MR) is 111 cm³/mol. The van der Waals surface area contributed by atoms with Crippen LogP contribution in [-0.2, 0) is 14.8 Å². The molecule has 2 N–H and O–H groups in total. The fraction of sp³-hybridized carbons (Fsp3) is 0.476. The van der Waals surface area contributed by atoms with Gasteiger partial charge in [0.25, 0.3) is 5.91 Å². The van der Waals surface area contributed by atoms with Crippen LogP contribution in [0.25, 0.3) is 10.8 Å². The van der Waals surface area contributed by atoms with Crippen LogP contribution in [0, 0.1) is 5.92 Å². The first-order chi connectivity index (χ1) is 13.3. The van der Waals surface area contributed by atoms with Crippen molar-refractivity contribution in [3.63, 3.8) is 0 Å². The van der Waals surface area contributed by atoms with E-state index in [9.17, 15) is 13.2 Å². The summed E-state index contributed by atoms with van der Waals surface area (Å²) in [4.78, 5) is 13.6. The van der Waals surface area contributed by atoms with E-state index in [1.807, 2.05) is 37.3 Å². The third-order valence-electron chi connectivity index (χ3n) is 5.59. The van der Waals surface area contributed by atoms with E-state index in [1.54, 1.807) is 12.1 Å². The number of carbonyl (C=O) groups excluding carboxylic acids is 1. The highest BCUT2D eigenvalue weighted by Gasteiger charge is 2.31. The van der Waals surface area contributed by atoms with Crippen LogP contribution in [0.15, 0.2) is 47.4 Å². The maximum Gasteiger partial charge on any atom is 0.275 e. The Kier molecular flexibility index (Phi) is 6.37. The van der Waals surface area contributed by atoms with E-state index in [2.05, 4.69) is 19.2 Å². The Hall–Kier alpha value is -1.96. The van der Waals surface area contributed by atoms with Crippen LogP contribution in [0.3, 0.4) is 0 Å². The highest BCUT2D eigenvalue weighted by molar-refractivity contribution is 7.89. The number of nitrogens with one attached hydrogen (secondary N) is 2. The van der Waals surface area contributed by atoms with Crippen LogP contribution in [0.2, 0.25) is 0 Å². The van der Waals surface area contributed by atoms with Crippen molar-refractivity contribution in [2.45, 2.75) is 31.7 Å². The van der Waals surface area contributed by atoms with Gasteiger partial charge in [-0.3, -0.25) is 4.79 Å². The van der Waals surface area contributed by atoms with Crippen LogP contribution in [0.1, 0.15) is 20.8 Å². The van der Waals surface area contributed by atoms with Gasteiger partial charge < -0.3 is 10.2 Å². The van der Waals surface area contributed by atoms with E-state index in [0.717, 1.165) is 15.7 Å². The molecule has 152 valence electrons. The van der Waals surface area contributed by atoms with Crippen molar-refractivity contribution in [3.8, 4) is 0 Å². The largest absolute Gasteiger partial charge is 0.348 e. The molecular weight excluding hydrogens is 374 g/mol. The molecule has 1 saturated heterocycles. The molecule has 2 aromatic carbocycles. The first-order valence-electron chi connectivity index (χ1n) is 9.89. The van der Waals surface area contributed by atoms with E-state index in [0.29, 0.717) is 43.5 Å². The van der Waals surface area contributed by atoms with E-state index in [4.69, 9.17) is 0 Å². The summed E-state index contributed by atoms with van der Waals surface area (Å²) in [5.74, 6) is 0.421. The number of hydrogen-bond acceptors (Lipinski definition) is 3. The summed E-state index contributed by atoms with van der Waals surface area (Å²) in [7, 11) is -3.52. The fourth-order valence-electron chi connectivity index (χ4n) is 3.40. The summed E-state index contributed by atoms with van der Waals surface area (Å²) in [6.45, 7) is 8.68. The Labute approximate surface area is 167 Å². The molecule has 1 heterocycles. The highest BCUT2D eigenvalue weighted by atomic mass is 32.2. The molecule has 1 fully saturated rings. The molecule has 2 aromatic rings. The van der Waals surface area contributed by atoms with Gasteiger partial charge in [0.1, 0.15) is 0 Å². The molecule has 7 heteroatoms. The van der Waals surface area contributed by atoms with Gasteiger partial charge in [-0.25, -0.2) is 8.42 Å². The molecular formula is C21H30N3O3S+. The Morgan fingerprint density at radius 1 is 1.07 bits per heavy atom. The minimum atomic E-state index is -3.52. The summed E-state index contributed by atoms with van der Waals surface area (Å²) in [6.07, 6.45) is 0. The van der Waals surface area contributed by atoms with Crippen molar-refractivity contribution in [1.82, 2.24) is 9.62 Å². The van der Waals surface area contributed by atoms with Gasteiger partial charge in [0.15, 0.2) is 6.54 Å². The number of hydrogen-bond donors (Lipinski definition) is 2. The third-order valence-corrected chi connectivity index (χ3v) is 7.48. The number of rotatable bonds is 6. The predicted octanol–water partition coefficient (Wildman–Crippen LogP) is 0.890. The minimum Gasteiger partial charge on any atom is -0.348 e. The lowest BCUT2D eigenvalue weighted by Crippen LogP contribution is -3.15.